The molecule has 1 N–H and O–H groups in total. The second-order valence-corrected chi connectivity index (χ2v) is 3.62. The molecular formula is C14H23NS. The fourth-order valence-electron chi connectivity index (χ4n) is 1.34. The van der Waals surface area contributed by atoms with Gasteiger partial charge in [-0.15, -0.1) is 11.3 Å². The molecule has 0 aliphatic carbocycles. The van der Waals surface area contributed by atoms with E-state index in [4.69, 9.17) is 0 Å². The van der Waals surface area contributed by atoms with Crippen LogP contribution in [0, 0.1) is 0 Å². The summed E-state index contributed by atoms with van der Waals surface area (Å²) in [5.41, 5.74) is 1.25. The van der Waals surface area contributed by atoms with Gasteiger partial charge in [-0.1, -0.05) is 33.8 Å². The first kappa shape index (κ1) is 15.0. The maximum absolute atomic E-state index is 3.34. The highest BCUT2D eigenvalue weighted by molar-refractivity contribution is 7.17. The summed E-state index contributed by atoms with van der Waals surface area (Å²) in [6.07, 6.45) is 0. The van der Waals surface area contributed by atoms with Crippen LogP contribution in [-0.2, 0) is 0 Å². The summed E-state index contributed by atoms with van der Waals surface area (Å²) in [6.45, 7) is 11.1. The van der Waals surface area contributed by atoms with Crippen LogP contribution in [0.3, 0.4) is 0 Å². The number of benzene rings is 1. The summed E-state index contributed by atoms with van der Waals surface area (Å²) < 4.78 is 1.36. The lowest BCUT2D eigenvalue weighted by Crippen LogP contribution is -1.95. The Bertz CT molecular complexity index is 379. The van der Waals surface area contributed by atoms with E-state index in [0.717, 1.165) is 6.54 Å². The highest BCUT2D eigenvalue weighted by Crippen LogP contribution is 2.27. The Morgan fingerprint density at radius 1 is 1.06 bits per heavy atom. The van der Waals surface area contributed by atoms with Crippen LogP contribution in [0.15, 0.2) is 29.6 Å². The molecule has 0 atom stereocenters. The van der Waals surface area contributed by atoms with Gasteiger partial charge in [0.05, 0.1) is 0 Å². The van der Waals surface area contributed by atoms with Crippen LogP contribution < -0.4 is 5.32 Å². The first-order chi connectivity index (χ1) is 7.92. The Hall–Kier alpha value is -1.02. The molecule has 0 aliphatic rings. The topological polar surface area (TPSA) is 12.0 Å². The molecule has 0 aliphatic heterocycles. The number of thiophene rings is 1. The van der Waals surface area contributed by atoms with Gasteiger partial charge < -0.3 is 5.32 Å². The van der Waals surface area contributed by atoms with E-state index in [2.05, 4.69) is 41.9 Å². The molecule has 1 nitrogen and oxygen atoms in total. The van der Waals surface area contributed by atoms with Crippen molar-refractivity contribution in [1.82, 2.24) is 0 Å². The summed E-state index contributed by atoms with van der Waals surface area (Å²) >= 11 is 1.79. The number of anilines is 1. The molecule has 0 spiro atoms. The predicted molar refractivity (Wildman–Crippen MR) is 78.7 cm³/mol. The average Bonchev–Trinajstić information content (AvgIpc) is 2.84. The van der Waals surface area contributed by atoms with Crippen LogP contribution in [0.1, 0.15) is 34.6 Å². The quantitative estimate of drug-likeness (QED) is 0.739. The first-order valence-corrected chi connectivity index (χ1v) is 7.00. The summed E-state index contributed by atoms with van der Waals surface area (Å²) in [4.78, 5) is 0. The Kier molecular flexibility index (Phi) is 8.64. The smallest absolute Gasteiger partial charge is 0.0428 e. The van der Waals surface area contributed by atoms with Gasteiger partial charge in [0, 0.05) is 22.3 Å². The minimum atomic E-state index is 0.981. The van der Waals surface area contributed by atoms with Gasteiger partial charge in [0.15, 0.2) is 0 Å². The van der Waals surface area contributed by atoms with Crippen molar-refractivity contribution in [3.63, 3.8) is 0 Å². The molecule has 2 rings (SSSR count). The van der Waals surface area contributed by atoms with Crippen LogP contribution in [0.25, 0.3) is 10.1 Å². The first-order valence-electron chi connectivity index (χ1n) is 6.12. The summed E-state index contributed by atoms with van der Waals surface area (Å²) in [7, 11) is 0. The molecule has 1 heterocycles. The molecule has 0 unspecified atom stereocenters. The highest BCUT2D eigenvalue weighted by atomic mass is 32.1. The molecule has 1 aromatic heterocycles. The van der Waals surface area contributed by atoms with Crippen molar-refractivity contribution in [2.24, 2.45) is 0 Å². The monoisotopic (exact) mass is 237 g/mol. The normalized spacial score (nSPS) is 8.56. The Labute approximate surface area is 104 Å². The van der Waals surface area contributed by atoms with Crippen molar-refractivity contribution in [2.45, 2.75) is 34.6 Å². The minimum absolute atomic E-state index is 0.981. The predicted octanol–water partition coefficient (Wildman–Crippen LogP) is 5.39. The standard InChI is InChI=1S/C10H11NS.2C2H6/c1-2-11-9-4-3-5-10-8(9)6-7-12-10;2*1-2/h3-7,11H,2H2,1H3;2*1-2H3. The lowest BCUT2D eigenvalue weighted by Gasteiger charge is -2.03. The molecule has 90 valence electrons. The van der Waals surface area contributed by atoms with Gasteiger partial charge in [-0.3, -0.25) is 0 Å². The van der Waals surface area contributed by atoms with E-state index >= 15 is 0 Å². The van der Waals surface area contributed by atoms with Crippen LogP contribution in [0.5, 0.6) is 0 Å². The Morgan fingerprint density at radius 3 is 2.38 bits per heavy atom. The Balaban J connectivity index is 0.000000509. The van der Waals surface area contributed by atoms with Crippen molar-refractivity contribution in [1.29, 1.82) is 0 Å². The van der Waals surface area contributed by atoms with E-state index in [0.29, 0.717) is 0 Å². The maximum atomic E-state index is 3.34. The van der Waals surface area contributed by atoms with Crippen molar-refractivity contribution in [3.05, 3.63) is 29.6 Å². The molecule has 1 aromatic carbocycles. The van der Waals surface area contributed by atoms with Crippen LogP contribution in [0.2, 0.25) is 0 Å². The molecule has 16 heavy (non-hydrogen) atoms. The van der Waals surface area contributed by atoms with E-state index in [1.807, 2.05) is 27.7 Å². The fourth-order valence-corrected chi connectivity index (χ4v) is 2.15. The minimum Gasteiger partial charge on any atom is -0.385 e. The zero-order valence-electron chi connectivity index (χ0n) is 11.0. The van der Waals surface area contributed by atoms with Crippen LogP contribution in [0.4, 0.5) is 5.69 Å². The molecule has 0 radical (unpaired) electrons. The molecule has 0 amide bonds. The third-order valence-corrected chi connectivity index (χ3v) is 2.75. The molecule has 0 saturated heterocycles. The lowest BCUT2D eigenvalue weighted by molar-refractivity contribution is 1.22. The summed E-state index contributed by atoms with van der Waals surface area (Å²) in [5.74, 6) is 0. The second-order valence-electron chi connectivity index (χ2n) is 2.67. The second kappa shape index (κ2) is 9.22. The van der Waals surface area contributed by atoms with Crippen LogP contribution in [-0.4, -0.2) is 6.54 Å². The zero-order valence-corrected chi connectivity index (χ0v) is 11.8. The van der Waals surface area contributed by atoms with Crippen LogP contribution >= 0.6 is 11.3 Å². The third-order valence-electron chi connectivity index (χ3n) is 1.86. The van der Waals surface area contributed by atoms with E-state index in [1.165, 1.54) is 15.8 Å². The molecule has 0 bridgehead atoms. The summed E-state index contributed by atoms with van der Waals surface area (Å²) in [6, 6.07) is 8.54. The Morgan fingerprint density at radius 2 is 1.75 bits per heavy atom. The molecule has 0 saturated carbocycles. The van der Waals surface area contributed by atoms with Gasteiger partial charge in [-0.2, -0.15) is 0 Å². The van der Waals surface area contributed by atoms with Gasteiger partial charge >= 0.3 is 0 Å². The van der Waals surface area contributed by atoms with Crippen molar-refractivity contribution in [2.75, 3.05) is 11.9 Å². The number of fused-ring (bicyclic) bond motifs is 1. The van der Waals surface area contributed by atoms with Gasteiger partial charge in [0.2, 0.25) is 0 Å². The van der Waals surface area contributed by atoms with Gasteiger partial charge in [-0.05, 0) is 30.5 Å². The molecular weight excluding hydrogens is 214 g/mol. The number of hydrogen-bond donors (Lipinski definition) is 1. The van der Waals surface area contributed by atoms with Gasteiger partial charge in [-0.25, -0.2) is 0 Å². The number of nitrogens with one attached hydrogen (secondary N) is 1. The van der Waals surface area contributed by atoms with Gasteiger partial charge in [0.25, 0.3) is 0 Å². The van der Waals surface area contributed by atoms with E-state index in [1.54, 1.807) is 11.3 Å². The lowest BCUT2D eigenvalue weighted by atomic mass is 10.2. The fraction of sp³-hybridized carbons (Fsp3) is 0.429. The average molecular weight is 237 g/mol. The van der Waals surface area contributed by atoms with Crippen molar-refractivity contribution >= 4 is 27.1 Å². The molecule has 2 heteroatoms. The van der Waals surface area contributed by atoms with E-state index in [-0.39, 0.29) is 0 Å². The SMILES string of the molecule is CC.CC.CCNc1cccc2sccc12. The van der Waals surface area contributed by atoms with Crippen molar-refractivity contribution < 1.29 is 0 Å². The third kappa shape index (κ3) is 3.86. The highest BCUT2D eigenvalue weighted by Gasteiger charge is 1.98. The largest absolute Gasteiger partial charge is 0.385 e. The number of hydrogen-bond acceptors (Lipinski definition) is 2. The molecule has 2 aromatic rings. The summed E-state index contributed by atoms with van der Waals surface area (Å²) in [5, 5.41) is 6.81. The maximum Gasteiger partial charge on any atom is 0.0428 e. The van der Waals surface area contributed by atoms with Gasteiger partial charge in [0.1, 0.15) is 0 Å². The number of rotatable bonds is 2. The van der Waals surface area contributed by atoms with E-state index in [9.17, 15) is 0 Å². The zero-order chi connectivity index (χ0) is 12.4. The molecule has 0 fully saturated rings. The van der Waals surface area contributed by atoms with E-state index < -0.39 is 0 Å². The van der Waals surface area contributed by atoms with Crippen molar-refractivity contribution in [3.8, 4) is 0 Å².